The maximum Gasteiger partial charge on any atom is 0.254 e. The van der Waals surface area contributed by atoms with Gasteiger partial charge in [0.25, 0.3) is 5.91 Å². The lowest BCUT2D eigenvalue weighted by molar-refractivity contribution is -0.130. The summed E-state index contributed by atoms with van der Waals surface area (Å²) >= 11 is 7.56. The van der Waals surface area contributed by atoms with Crippen molar-refractivity contribution in [3.8, 4) is 0 Å². The maximum absolute atomic E-state index is 12.9. The number of carbonyl (C=O) groups is 3. The first-order valence-electron chi connectivity index (χ1n) is 12.3. The summed E-state index contributed by atoms with van der Waals surface area (Å²) in [6.45, 7) is 3.06. The van der Waals surface area contributed by atoms with Gasteiger partial charge in [0.1, 0.15) is 6.54 Å². The predicted octanol–water partition coefficient (Wildman–Crippen LogP) is 3.42. The molecule has 0 atom stereocenters. The molecule has 4 rings (SSSR count). The second-order valence-corrected chi connectivity index (χ2v) is 10.0. The Balaban J connectivity index is 1.28. The zero-order valence-corrected chi connectivity index (χ0v) is 22.7. The van der Waals surface area contributed by atoms with Gasteiger partial charge in [-0.3, -0.25) is 14.4 Å². The highest BCUT2D eigenvalue weighted by Crippen LogP contribution is 2.26. The van der Waals surface area contributed by atoms with Crippen LogP contribution >= 0.6 is 22.9 Å². The molecule has 0 unspecified atom stereocenters. The van der Waals surface area contributed by atoms with E-state index in [0.29, 0.717) is 54.2 Å². The lowest BCUT2D eigenvalue weighted by atomic mass is 10.2. The summed E-state index contributed by atoms with van der Waals surface area (Å²) in [6.07, 6.45) is 0.158. The minimum atomic E-state index is -0.367. The Hall–Kier alpha value is -3.47. The predicted molar refractivity (Wildman–Crippen MR) is 149 cm³/mol. The minimum Gasteiger partial charge on any atom is -0.383 e. The van der Waals surface area contributed by atoms with Crippen LogP contribution in [0.4, 0.5) is 10.8 Å². The molecule has 3 amide bonds. The molecule has 0 radical (unpaired) electrons. The molecule has 1 aromatic heterocycles. The number of rotatable bonds is 10. The summed E-state index contributed by atoms with van der Waals surface area (Å²) < 4.78 is 5.10. The summed E-state index contributed by atoms with van der Waals surface area (Å²) in [5.41, 5.74) is 2.08. The van der Waals surface area contributed by atoms with Crippen molar-refractivity contribution in [1.82, 2.24) is 14.8 Å². The molecule has 11 heteroatoms. The normalized spacial score (nSPS) is 13.3. The molecule has 0 saturated carbocycles. The molecule has 2 heterocycles. The molecule has 3 aromatic rings. The number of hydrogen-bond acceptors (Lipinski definition) is 7. The van der Waals surface area contributed by atoms with Gasteiger partial charge >= 0.3 is 0 Å². The van der Waals surface area contributed by atoms with Crippen molar-refractivity contribution in [3.05, 3.63) is 76.3 Å². The number of nitrogens with zero attached hydrogens (tertiary/aromatic N) is 4. The average molecular weight is 556 g/mol. The van der Waals surface area contributed by atoms with E-state index in [1.807, 2.05) is 35.2 Å². The standard InChI is InChI=1S/C27H30ClN5O4S/c1-37-16-15-33(26(36)20-7-3-2-4-8-20)18-24(34)30-27-29-21(19-38-27)17-25(35)32-13-11-31(12-14-32)23-10-6-5-9-22(23)28/h2-10,19H,11-18H2,1H3,(H,29,30,34). The van der Waals surface area contributed by atoms with E-state index in [9.17, 15) is 14.4 Å². The minimum absolute atomic E-state index is 0.00816. The molecular weight excluding hydrogens is 526 g/mol. The monoisotopic (exact) mass is 555 g/mol. The number of nitrogens with one attached hydrogen (secondary N) is 1. The van der Waals surface area contributed by atoms with Crippen LogP contribution in [0.15, 0.2) is 60.0 Å². The molecule has 0 aliphatic carbocycles. The average Bonchev–Trinajstić information content (AvgIpc) is 3.37. The van der Waals surface area contributed by atoms with Crippen molar-refractivity contribution < 1.29 is 19.1 Å². The molecule has 1 saturated heterocycles. The van der Waals surface area contributed by atoms with Crippen LogP contribution in [0.25, 0.3) is 0 Å². The Morgan fingerprint density at radius 2 is 1.76 bits per heavy atom. The summed E-state index contributed by atoms with van der Waals surface area (Å²) in [4.78, 5) is 48.3. The van der Waals surface area contributed by atoms with E-state index in [4.69, 9.17) is 16.3 Å². The topological polar surface area (TPSA) is 95.1 Å². The van der Waals surface area contributed by atoms with Crippen LogP contribution in [0.3, 0.4) is 0 Å². The number of amides is 3. The third kappa shape index (κ3) is 7.31. The van der Waals surface area contributed by atoms with Crippen LogP contribution in [-0.4, -0.2) is 85.5 Å². The van der Waals surface area contributed by atoms with Crippen molar-refractivity contribution in [1.29, 1.82) is 0 Å². The molecule has 200 valence electrons. The third-order valence-electron chi connectivity index (χ3n) is 6.16. The van der Waals surface area contributed by atoms with Gasteiger partial charge < -0.3 is 24.8 Å². The summed E-state index contributed by atoms with van der Waals surface area (Å²) in [6, 6.07) is 16.5. The van der Waals surface area contributed by atoms with Crippen molar-refractivity contribution >= 4 is 51.5 Å². The first kappa shape index (κ1) is 27.6. The first-order chi connectivity index (χ1) is 18.4. The van der Waals surface area contributed by atoms with E-state index in [1.54, 1.807) is 36.8 Å². The SMILES string of the molecule is COCCN(CC(=O)Nc1nc(CC(=O)N2CCN(c3ccccc3Cl)CC2)cs1)C(=O)c1ccccc1. The second-order valence-electron chi connectivity index (χ2n) is 8.77. The Bertz CT molecular complexity index is 1250. The van der Waals surface area contributed by atoms with Crippen molar-refractivity contribution in [3.63, 3.8) is 0 Å². The van der Waals surface area contributed by atoms with Gasteiger partial charge in [-0.25, -0.2) is 4.98 Å². The van der Waals surface area contributed by atoms with E-state index in [1.165, 1.54) is 16.2 Å². The van der Waals surface area contributed by atoms with Crippen molar-refractivity contribution in [2.24, 2.45) is 0 Å². The molecule has 38 heavy (non-hydrogen) atoms. The number of aromatic nitrogens is 1. The number of thiazole rings is 1. The van der Waals surface area contributed by atoms with E-state index >= 15 is 0 Å². The molecule has 2 aromatic carbocycles. The van der Waals surface area contributed by atoms with Gasteiger partial charge in [-0.05, 0) is 24.3 Å². The van der Waals surface area contributed by atoms with Gasteiger partial charge in [0.15, 0.2) is 5.13 Å². The molecule has 1 fully saturated rings. The lowest BCUT2D eigenvalue weighted by Crippen LogP contribution is -2.49. The Morgan fingerprint density at radius 3 is 2.47 bits per heavy atom. The van der Waals surface area contributed by atoms with Crippen LogP contribution in [0.5, 0.6) is 0 Å². The molecule has 0 bridgehead atoms. The number of hydrogen-bond donors (Lipinski definition) is 1. The third-order valence-corrected chi connectivity index (χ3v) is 7.29. The van der Waals surface area contributed by atoms with E-state index in [-0.39, 0.29) is 37.2 Å². The maximum atomic E-state index is 12.9. The quantitative estimate of drug-likeness (QED) is 0.412. The highest BCUT2D eigenvalue weighted by atomic mass is 35.5. The van der Waals surface area contributed by atoms with Gasteiger partial charge in [-0.1, -0.05) is 41.9 Å². The van der Waals surface area contributed by atoms with E-state index in [2.05, 4.69) is 15.2 Å². The van der Waals surface area contributed by atoms with E-state index < -0.39 is 0 Å². The van der Waals surface area contributed by atoms with Crippen LogP contribution < -0.4 is 10.2 Å². The van der Waals surface area contributed by atoms with Gasteiger partial charge in [0.05, 0.1) is 29.4 Å². The number of para-hydroxylation sites is 1. The molecular formula is C27H30ClN5O4S. The Labute approximate surface area is 231 Å². The van der Waals surface area contributed by atoms with Crippen LogP contribution in [0.1, 0.15) is 16.1 Å². The summed E-state index contributed by atoms with van der Waals surface area (Å²) in [5, 5.41) is 5.61. The molecule has 1 aliphatic rings. The number of anilines is 2. The zero-order valence-electron chi connectivity index (χ0n) is 21.1. The molecule has 1 N–H and O–H groups in total. The Morgan fingerprint density at radius 1 is 1.05 bits per heavy atom. The summed E-state index contributed by atoms with van der Waals surface area (Å²) in [7, 11) is 1.54. The number of halogens is 1. The smallest absolute Gasteiger partial charge is 0.254 e. The first-order valence-corrected chi connectivity index (χ1v) is 13.5. The highest BCUT2D eigenvalue weighted by molar-refractivity contribution is 7.13. The number of methoxy groups -OCH3 is 1. The Kier molecular flexibility index (Phi) is 9.69. The number of piperazine rings is 1. The van der Waals surface area contributed by atoms with Crippen LogP contribution in [0, 0.1) is 0 Å². The summed E-state index contributed by atoms with van der Waals surface area (Å²) in [5.74, 6) is -0.627. The number of ether oxygens (including phenoxy) is 1. The fourth-order valence-corrected chi connectivity index (χ4v) is 5.15. The van der Waals surface area contributed by atoms with Gasteiger partial charge in [-0.2, -0.15) is 0 Å². The van der Waals surface area contributed by atoms with Crippen molar-refractivity contribution in [2.75, 3.05) is 63.2 Å². The largest absolute Gasteiger partial charge is 0.383 e. The zero-order chi connectivity index (χ0) is 26.9. The highest BCUT2D eigenvalue weighted by Gasteiger charge is 2.24. The van der Waals surface area contributed by atoms with Gasteiger partial charge in [-0.15, -0.1) is 11.3 Å². The van der Waals surface area contributed by atoms with Gasteiger partial charge in [0, 0.05) is 50.8 Å². The van der Waals surface area contributed by atoms with Crippen LogP contribution in [0.2, 0.25) is 5.02 Å². The number of carbonyl (C=O) groups excluding carboxylic acids is 3. The van der Waals surface area contributed by atoms with E-state index in [0.717, 1.165) is 5.69 Å². The lowest BCUT2D eigenvalue weighted by Gasteiger charge is -2.36. The molecule has 0 spiro atoms. The van der Waals surface area contributed by atoms with Crippen LogP contribution in [-0.2, 0) is 20.7 Å². The molecule has 9 nitrogen and oxygen atoms in total. The second kappa shape index (κ2) is 13.4. The fraction of sp³-hybridized carbons (Fsp3) is 0.333. The molecule has 1 aliphatic heterocycles. The van der Waals surface area contributed by atoms with Crippen molar-refractivity contribution in [2.45, 2.75) is 6.42 Å². The fourth-order valence-electron chi connectivity index (χ4n) is 4.17. The van der Waals surface area contributed by atoms with Gasteiger partial charge in [0.2, 0.25) is 11.8 Å². The number of benzene rings is 2.